The summed E-state index contributed by atoms with van der Waals surface area (Å²) in [5.41, 5.74) is 2.96. The summed E-state index contributed by atoms with van der Waals surface area (Å²) >= 11 is 0. The molecular weight excluding hydrogens is 178 g/mol. The standard InChI is InChI=1S/C11H13NO2/c1-14-11-7-3-4-8-9(11)5-2-6-10(8)12-13/h3-4,7,13H,2,5-6H2,1H3/b12-10+. The predicted octanol–water partition coefficient (Wildman–Crippen LogP) is 2.21. The Morgan fingerprint density at radius 2 is 2.21 bits per heavy atom. The number of ether oxygens (including phenoxy) is 1. The first kappa shape index (κ1) is 9.06. The van der Waals surface area contributed by atoms with E-state index in [-0.39, 0.29) is 0 Å². The van der Waals surface area contributed by atoms with Gasteiger partial charge in [0, 0.05) is 11.1 Å². The molecule has 0 spiro atoms. The molecule has 14 heavy (non-hydrogen) atoms. The molecule has 0 fully saturated rings. The molecule has 0 atom stereocenters. The summed E-state index contributed by atoms with van der Waals surface area (Å²) in [7, 11) is 1.67. The maximum absolute atomic E-state index is 8.85. The fourth-order valence-electron chi connectivity index (χ4n) is 1.96. The Kier molecular flexibility index (Phi) is 2.39. The van der Waals surface area contributed by atoms with Crippen LogP contribution in [0.1, 0.15) is 24.0 Å². The van der Waals surface area contributed by atoms with Crippen LogP contribution >= 0.6 is 0 Å². The van der Waals surface area contributed by atoms with Gasteiger partial charge in [0.1, 0.15) is 5.75 Å². The van der Waals surface area contributed by atoms with E-state index in [9.17, 15) is 0 Å². The molecule has 0 unspecified atom stereocenters. The van der Waals surface area contributed by atoms with Crippen molar-refractivity contribution in [2.45, 2.75) is 19.3 Å². The Morgan fingerprint density at radius 3 is 2.93 bits per heavy atom. The minimum absolute atomic E-state index is 0.769. The second-order valence-corrected chi connectivity index (χ2v) is 3.39. The van der Waals surface area contributed by atoms with Crippen LogP contribution in [0.5, 0.6) is 5.75 Å². The first-order valence-corrected chi connectivity index (χ1v) is 4.74. The van der Waals surface area contributed by atoms with Crippen LogP contribution in [0.4, 0.5) is 0 Å². The molecule has 1 N–H and O–H groups in total. The van der Waals surface area contributed by atoms with Crippen molar-refractivity contribution in [1.29, 1.82) is 0 Å². The zero-order valence-electron chi connectivity index (χ0n) is 8.16. The topological polar surface area (TPSA) is 41.8 Å². The number of methoxy groups -OCH3 is 1. The number of hydrogen-bond acceptors (Lipinski definition) is 3. The van der Waals surface area contributed by atoms with Crippen LogP contribution < -0.4 is 4.74 Å². The summed E-state index contributed by atoms with van der Waals surface area (Å²) in [6.45, 7) is 0. The van der Waals surface area contributed by atoms with Gasteiger partial charge in [0.2, 0.25) is 0 Å². The Morgan fingerprint density at radius 1 is 1.36 bits per heavy atom. The molecule has 0 bridgehead atoms. The van der Waals surface area contributed by atoms with Crippen LogP contribution in [0.25, 0.3) is 0 Å². The molecule has 0 saturated carbocycles. The molecule has 1 aromatic carbocycles. The highest BCUT2D eigenvalue weighted by atomic mass is 16.5. The smallest absolute Gasteiger partial charge is 0.122 e. The Labute approximate surface area is 83.0 Å². The van der Waals surface area contributed by atoms with E-state index in [1.165, 1.54) is 0 Å². The van der Waals surface area contributed by atoms with Crippen molar-refractivity contribution in [3.63, 3.8) is 0 Å². The predicted molar refractivity (Wildman–Crippen MR) is 54.3 cm³/mol. The minimum Gasteiger partial charge on any atom is -0.496 e. The van der Waals surface area contributed by atoms with Crippen molar-refractivity contribution in [2.75, 3.05) is 7.11 Å². The van der Waals surface area contributed by atoms with E-state index in [1.54, 1.807) is 7.11 Å². The molecule has 1 aliphatic rings. The molecule has 0 amide bonds. The maximum Gasteiger partial charge on any atom is 0.122 e. The third kappa shape index (κ3) is 1.35. The summed E-state index contributed by atoms with van der Waals surface area (Å²) in [6.07, 6.45) is 2.86. The van der Waals surface area contributed by atoms with Crippen LogP contribution in [-0.2, 0) is 6.42 Å². The number of fused-ring (bicyclic) bond motifs is 1. The van der Waals surface area contributed by atoms with E-state index in [4.69, 9.17) is 9.94 Å². The Balaban J connectivity index is 2.55. The lowest BCUT2D eigenvalue weighted by Gasteiger charge is -2.18. The van der Waals surface area contributed by atoms with E-state index < -0.39 is 0 Å². The largest absolute Gasteiger partial charge is 0.496 e. The quantitative estimate of drug-likeness (QED) is 0.546. The third-order valence-electron chi connectivity index (χ3n) is 2.62. The van der Waals surface area contributed by atoms with Gasteiger partial charge in [0.15, 0.2) is 0 Å². The molecule has 74 valence electrons. The third-order valence-corrected chi connectivity index (χ3v) is 2.62. The average molecular weight is 191 g/mol. The van der Waals surface area contributed by atoms with Crippen molar-refractivity contribution in [3.05, 3.63) is 29.3 Å². The second-order valence-electron chi connectivity index (χ2n) is 3.39. The number of benzene rings is 1. The lowest BCUT2D eigenvalue weighted by Crippen LogP contribution is -2.12. The maximum atomic E-state index is 8.85. The van der Waals surface area contributed by atoms with Gasteiger partial charge in [0.25, 0.3) is 0 Å². The molecule has 2 rings (SSSR count). The van der Waals surface area contributed by atoms with Gasteiger partial charge in [-0.15, -0.1) is 0 Å². The van der Waals surface area contributed by atoms with Gasteiger partial charge in [-0.2, -0.15) is 0 Å². The zero-order chi connectivity index (χ0) is 9.97. The van der Waals surface area contributed by atoms with Crippen molar-refractivity contribution < 1.29 is 9.94 Å². The molecule has 1 aromatic rings. The fourth-order valence-corrected chi connectivity index (χ4v) is 1.96. The van der Waals surface area contributed by atoms with E-state index in [0.717, 1.165) is 41.9 Å². The molecule has 0 aromatic heterocycles. The molecular formula is C11H13NO2. The lowest BCUT2D eigenvalue weighted by atomic mass is 9.89. The Bertz CT molecular complexity index is 372. The molecule has 3 heteroatoms. The summed E-state index contributed by atoms with van der Waals surface area (Å²) in [5.74, 6) is 0.892. The van der Waals surface area contributed by atoms with Crippen LogP contribution in [0.2, 0.25) is 0 Å². The number of oxime groups is 1. The van der Waals surface area contributed by atoms with Crippen molar-refractivity contribution >= 4 is 5.71 Å². The van der Waals surface area contributed by atoms with Gasteiger partial charge in [-0.1, -0.05) is 17.3 Å². The minimum atomic E-state index is 0.769. The van der Waals surface area contributed by atoms with E-state index in [2.05, 4.69) is 5.16 Å². The van der Waals surface area contributed by atoms with Crippen molar-refractivity contribution in [2.24, 2.45) is 5.16 Å². The molecule has 0 heterocycles. The SMILES string of the molecule is COc1cccc2c1CCC/C2=N\O. The summed E-state index contributed by atoms with van der Waals surface area (Å²) < 4.78 is 5.27. The highest BCUT2D eigenvalue weighted by Gasteiger charge is 2.18. The number of rotatable bonds is 1. The van der Waals surface area contributed by atoms with Crippen molar-refractivity contribution in [3.8, 4) is 5.75 Å². The summed E-state index contributed by atoms with van der Waals surface area (Å²) in [4.78, 5) is 0. The molecule has 3 nitrogen and oxygen atoms in total. The van der Waals surface area contributed by atoms with Gasteiger partial charge in [-0.25, -0.2) is 0 Å². The van der Waals surface area contributed by atoms with Gasteiger partial charge in [-0.3, -0.25) is 0 Å². The van der Waals surface area contributed by atoms with E-state index in [0.29, 0.717) is 0 Å². The normalized spacial score (nSPS) is 17.9. The Hall–Kier alpha value is -1.51. The second kappa shape index (κ2) is 3.70. The van der Waals surface area contributed by atoms with Gasteiger partial charge < -0.3 is 9.94 Å². The first-order valence-electron chi connectivity index (χ1n) is 4.74. The van der Waals surface area contributed by atoms with Crippen LogP contribution in [-0.4, -0.2) is 18.0 Å². The average Bonchev–Trinajstić information content (AvgIpc) is 2.27. The first-order chi connectivity index (χ1) is 6.86. The number of hydrogen-bond donors (Lipinski definition) is 1. The molecule has 0 saturated heterocycles. The number of nitrogens with zero attached hydrogens (tertiary/aromatic N) is 1. The summed E-state index contributed by atoms with van der Waals surface area (Å²) in [6, 6.07) is 5.85. The van der Waals surface area contributed by atoms with Crippen LogP contribution in [0.3, 0.4) is 0 Å². The van der Waals surface area contributed by atoms with E-state index >= 15 is 0 Å². The van der Waals surface area contributed by atoms with Crippen LogP contribution in [0.15, 0.2) is 23.4 Å². The highest BCUT2D eigenvalue weighted by molar-refractivity contribution is 6.02. The molecule has 0 radical (unpaired) electrons. The van der Waals surface area contributed by atoms with Crippen molar-refractivity contribution in [1.82, 2.24) is 0 Å². The van der Waals surface area contributed by atoms with Gasteiger partial charge in [-0.05, 0) is 25.3 Å². The fraction of sp³-hybridized carbons (Fsp3) is 0.364. The molecule has 1 aliphatic carbocycles. The highest BCUT2D eigenvalue weighted by Crippen LogP contribution is 2.29. The van der Waals surface area contributed by atoms with Gasteiger partial charge >= 0.3 is 0 Å². The molecule has 0 aliphatic heterocycles. The van der Waals surface area contributed by atoms with Crippen LogP contribution in [0, 0.1) is 0 Å². The summed E-state index contributed by atoms with van der Waals surface area (Å²) in [5, 5.41) is 12.2. The van der Waals surface area contributed by atoms with E-state index in [1.807, 2.05) is 18.2 Å². The lowest BCUT2D eigenvalue weighted by molar-refractivity contribution is 0.317. The zero-order valence-corrected chi connectivity index (χ0v) is 8.16. The monoisotopic (exact) mass is 191 g/mol. The van der Waals surface area contributed by atoms with Gasteiger partial charge in [0.05, 0.1) is 12.8 Å².